The number of hydrogen-bond acceptors (Lipinski definition) is 6. The van der Waals surface area contributed by atoms with E-state index in [-0.39, 0.29) is 6.03 Å². The van der Waals surface area contributed by atoms with Crippen LogP contribution in [0.15, 0.2) is 36.8 Å². The molecular weight excluding hydrogens is 346 g/mol. The quantitative estimate of drug-likeness (QED) is 0.743. The second-order valence-electron chi connectivity index (χ2n) is 6.34. The molecular formula is C17H21N9O. The van der Waals surface area contributed by atoms with Gasteiger partial charge in [0.15, 0.2) is 5.82 Å². The van der Waals surface area contributed by atoms with Crippen LogP contribution in [0.3, 0.4) is 0 Å². The van der Waals surface area contributed by atoms with Crippen LogP contribution in [-0.2, 0) is 7.05 Å². The summed E-state index contributed by atoms with van der Waals surface area (Å²) < 4.78 is 3.59. The molecule has 2 amide bonds. The lowest BCUT2D eigenvalue weighted by Gasteiger charge is -2.35. The van der Waals surface area contributed by atoms with Crippen molar-refractivity contribution in [2.24, 2.45) is 7.05 Å². The number of carbonyl (C=O) groups is 1. The molecule has 4 rings (SSSR count). The fourth-order valence-electron chi connectivity index (χ4n) is 3.05. The van der Waals surface area contributed by atoms with Crippen molar-refractivity contribution >= 4 is 17.7 Å². The maximum atomic E-state index is 12.7. The molecule has 0 saturated carbocycles. The van der Waals surface area contributed by atoms with Crippen molar-refractivity contribution in [1.82, 2.24) is 34.4 Å². The molecule has 0 aliphatic carbocycles. The molecule has 0 atom stereocenters. The molecule has 1 N–H and O–H groups in total. The number of anilines is 2. The van der Waals surface area contributed by atoms with Crippen molar-refractivity contribution in [2.45, 2.75) is 6.92 Å². The first-order valence-corrected chi connectivity index (χ1v) is 8.75. The van der Waals surface area contributed by atoms with Gasteiger partial charge < -0.3 is 19.7 Å². The van der Waals surface area contributed by atoms with Crippen molar-refractivity contribution < 1.29 is 4.79 Å². The molecule has 27 heavy (non-hydrogen) atoms. The highest BCUT2D eigenvalue weighted by atomic mass is 16.2. The second kappa shape index (κ2) is 7.06. The first-order chi connectivity index (χ1) is 13.1. The minimum Gasteiger partial charge on any atom is -0.337 e. The predicted octanol–water partition coefficient (Wildman–Crippen LogP) is 1.06. The summed E-state index contributed by atoms with van der Waals surface area (Å²) in [7, 11) is 1.95. The number of nitrogens with one attached hydrogen (secondary N) is 1. The Kier molecular flexibility index (Phi) is 4.45. The van der Waals surface area contributed by atoms with Crippen molar-refractivity contribution in [3.8, 4) is 5.82 Å². The number of aromatic nitrogens is 6. The van der Waals surface area contributed by atoms with Crippen LogP contribution >= 0.6 is 0 Å². The molecule has 10 nitrogen and oxygen atoms in total. The Labute approximate surface area is 156 Å². The Hall–Kier alpha value is -3.43. The zero-order chi connectivity index (χ0) is 18.8. The third kappa shape index (κ3) is 3.33. The average molecular weight is 367 g/mol. The number of amides is 2. The summed E-state index contributed by atoms with van der Waals surface area (Å²) in [6.45, 7) is 4.55. The van der Waals surface area contributed by atoms with Gasteiger partial charge >= 0.3 is 6.03 Å². The number of carbonyl (C=O) groups excluding carboxylic acids is 1. The van der Waals surface area contributed by atoms with E-state index >= 15 is 0 Å². The number of piperazine rings is 1. The molecule has 0 bridgehead atoms. The van der Waals surface area contributed by atoms with E-state index in [1.165, 1.54) is 0 Å². The summed E-state index contributed by atoms with van der Waals surface area (Å²) in [5.41, 5.74) is 0.623. The van der Waals surface area contributed by atoms with Crippen LogP contribution < -0.4 is 10.2 Å². The average Bonchev–Trinajstić information content (AvgIpc) is 3.33. The highest BCUT2D eigenvalue weighted by Crippen LogP contribution is 2.18. The molecule has 1 fully saturated rings. The van der Waals surface area contributed by atoms with Gasteiger partial charge in [-0.15, -0.1) is 10.2 Å². The fourth-order valence-corrected chi connectivity index (χ4v) is 3.05. The van der Waals surface area contributed by atoms with Gasteiger partial charge in [0.25, 0.3) is 0 Å². The molecule has 0 aromatic carbocycles. The lowest BCUT2D eigenvalue weighted by molar-refractivity contribution is 0.208. The van der Waals surface area contributed by atoms with Gasteiger partial charge in [-0.2, -0.15) is 5.10 Å². The zero-order valence-electron chi connectivity index (χ0n) is 15.3. The Morgan fingerprint density at radius 1 is 1.11 bits per heavy atom. The number of aryl methyl sites for hydroxylation is 1. The number of nitrogens with zero attached hydrogens (tertiary/aromatic N) is 8. The molecule has 3 aromatic heterocycles. The Balaban J connectivity index is 1.42. The van der Waals surface area contributed by atoms with E-state index < -0.39 is 0 Å². The summed E-state index contributed by atoms with van der Waals surface area (Å²) in [6.07, 6.45) is 5.14. The summed E-state index contributed by atoms with van der Waals surface area (Å²) in [5, 5.41) is 15.5. The molecule has 1 aliphatic heterocycles. The van der Waals surface area contributed by atoms with Crippen molar-refractivity contribution in [3.63, 3.8) is 0 Å². The van der Waals surface area contributed by atoms with E-state index in [9.17, 15) is 4.79 Å². The maximum absolute atomic E-state index is 12.7. The van der Waals surface area contributed by atoms with Crippen molar-refractivity contribution in [2.75, 3.05) is 36.4 Å². The Morgan fingerprint density at radius 2 is 1.93 bits per heavy atom. The van der Waals surface area contributed by atoms with Gasteiger partial charge in [0, 0.05) is 51.8 Å². The van der Waals surface area contributed by atoms with E-state index in [4.69, 9.17) is 0 Å². The Morgan fingerprint density at radius 3 is 2.59 bits per heavy atom. The van der Waals surface area contributed by atoms with E-state index in [1.54, 1.807) is 34.2 Å². The fraction of sp³-hybridized carbons (Fsp3) is 0.353. The van der Waals surface area contributed by atoms with Gasteiger partial charge in [-0.3, -0.25) is 0 Å². The molecule has 140 valence electrons. The van der Waals surface area contributed by atoms with Crippen LogP contribution in [0.25, 0.3) is 5.82 Å². The number of pyridine rings is 1. The van der Waals surface area contributed by atoms with Crippen LogP contribution in [0, 0.1) is 6.92 Å². The number of urea groups is 1. The van der Waals surface area contributed by atoms with E-state index in [1.807, 2.05) is 30.7 Å². The summed E-state index contributed by atoms with van der Waals surface area (Å²) in [5.74, 6) is 2.29. The Bertz CT molecular complexity index is 926. The highest BCUT2D eigenvalue weighted by molar-refractivity contribution is 5.91. The topological polar surface area (TPSA) is 97.0 Å². The van der Waals surface area contributed by atoms with Gasteiger partial charge in [0.2, 0.25) is 5.95 Å². The normalized spacial score (nSPS) is 14.4. The van der Waals surface area contributed by atoms with Crippen LogP contribution in [0.2, 0.25) is 0 Å². The van der Waals surface area contributed by atoms with E-state index in [0.29, 0.717) is 37.7 Å². The van der Waals surface area contributed by atoms with Gasteiger partial charge in [0.1, 0.15) is 5.82 Å². The van der Waals surface area contributed by atoms with Crippen molar-refractivity contribution in [3.05, 3.63) is 42.6 Å². The standard InChI is InChI=1S/C17H21N9O/c1-13-21-22-16(23(13)2)24-9-11-25(12-10-24)17(27)20-14-5-3-6-18-15(14)26-8-4-7-19-26/h3-8H,9-12H2,1-2H3,(H,20,27). The monoisotopic (exact) mass is 367 g/mol. The molecule has 1 saturated heterocycles. The van der Waals surface area contributed by atoms with Crippen LogP contribution in [-0.4, -0.2) is 66.6 Å². The lowest BCUT2D eigenvalue weighted by Crippen LogP contribution is -2.50. The minimum absolute atomic E-state index is 0.148. The largest absolute Gasteiger partial charge is 0.337 e. The molecule has 0 radical (unpaired) electrons. The zero-order valence-corrected chi connectivity index (χ0v) is 15.3. The van der Waals surface area contributed by atoms with Gasteiger partial charge in [0.05, 0.1) is 5.69 Å². The first-order valence-electron chi connectivity index (χ1n) is 8.75. The van der Waals surface area contributed by atoms with E-state index in [0.717, 1.165) is 11.8 Å². The number of rotatable bonds is 3. The lowest BCUT2D eigenvalue weighted by atomic mass is 10.3. The third-order valence-electron chi connectivity index (χ3n) is 4.67. The third-order valence-corrected chi connectivity index (χ3v) is 4.67. The van der Waals surface area contributed by atoms with E-state index in [2.05, 4.69) is 30.5 Å². The minimum atomic E-state index is -0.148. The maximum Gasteiger partial charge on any atom is 0.322 e. The molecule has 3 aromatic rings. The first kappa shape index (κ1) is 17.0. The van der Waals surface area contributed by atoms with Gasteiger partial charge in [-0.25, -0.2) is 14.5 Å². The van der Waals surface area contributed by atoms with Gasteiger partial charge in [-0.05, 0) is 25.1 Å². The molecule has 0 spiro atoms. The van der Waals surface area contributed by atoms with Gasteiger partial charge in [-0.1, -0.05) is 0 Å². The molecule has 1 aliphatic rings. The summed E-state index contributed by atoms with van der Waals surface area (Å²) in [4.78, 5) is 21.0. The van der Waals surface area contributed by atoms with Crippen molar-refractivity contribution in [1.29, 1.82) is 0 Å². The second-order valence-corrected chi connectivity index (χ2v) is 6.34. The SMILES string of the molecule is Cc1nnc(N2CCN(C(=O)Nc3cccnc3-n3cccn3)CC2)n1C. The molecule has 4 heterocycles. The van der Waals surface area contributed by atoms with Crippen LogP contribution in [0.4, 0.5) is 16.4 Å². The molecule has 0 unspecified atom stereocenters. The summed E-state index contributed by atoms with van der Waals surface area (Å²) >= 11 is 0. The van der Waals surface area contributed by atoms with Crippen LogP contribution in [0.1, 0.15) is 5.82 Å². The molecule has 10 heteroatoms. The van der Waals surface area contributed by atoms with Crippen LogP contribution in [0.5, 0.6) is 0 Å². The predicted molar refractivity (Wildman–Crippen MR) is 99.9 cm³/mol. The smallest absolute Gasteiger partial charge is 0.322 e. The summed E-state index contributed by atoms with van der Waals surface area (Å²) in [6, 6.07) is 5.27. The number of hydrogen-bond donors (Lipinski definition) is 1. The highest BCUT2D eigenvalue weighted by Gasteiger charge is 2.24.